The number of para-hydroxylation sites is 1. The minimum atomic E-state index is 0.0820. The first-order valence-electron chi connectivity index (χ1n) is 16.3. The number of rotatable bonds is 5. The predicted octanol–water partition coefficient (Wildman–Crippen LogP) is 11.0. The van der Waals surface area contributed by atoms with Crippen molar-refractivity contribution in [3.63, 3.8) is 0 Å². The summed E-state index contributed by atoms with van der Waals surface area (Å²) < 4.78 is 5.92. The van der Waals surface area contributed by atoms with Gasteiger partial charge in [-0.25, -0.2) is 0 Å². The third-order valence-electron chi connectivity index (χ3n) is 8.36. The molecule has 49 heavy (non-hydrogen) atoms. The van der Waals surface area contributed by atoms with E-state index >= 15 is 0 Å². The number of hydrogen-bond acceptors (Lipinski definition) is 3. The van der Waals surface area contributed by atoms with Gasteiger partial charge in [0.1, 0.15) is 17.0 Å². The Hall–Kier alpha value is -6.23. The number of furan rings is 1. The molecule has 1 heterocycles. The van der Waals surface area contributed by atoms with Crippen molar-refractivity contribution < 1.29 is 4.42 Å². The van der Waals surface area contributed by atoms with Gasteiger partial charge in [0, 0.05) is 22.9 Å². The van der Waals surface area contributed by atoms with Gasteiger partial charge in [-0.2, -0.15) is 0 Å². The maximum absolute atomic E-state index is 7.49. The van der Waals surface area contributed by atoms with Crippen LogP contribution in [-0.4, -0.2) is 5.84 Å². The van der Waals surface area contributed by atoms with E-state index < -0.39 is 0 Å². The average Bonchev–Trinajstić information content (AvgIpc) is 3.56. The van der Waals surface area contributed by atoms with Crippen LogP contribution in [0.15, 0.2) is 180 Å². The number of benzene rings is 7. The van der Waals surface area contributed by atoms with Gasteiger partial charge in [-0.3, -0.25) is 5.41 Å². The zero-order valence-corrected chi connectivity index (χ0v) is 27.5. The Labute approximate surface area is 287 Å². The van der Waals surface area contributed by atoms with E-state index in [-0.39, 0.29) is 5.84 Å². The van der Waals surface area contributed by atoms with Crippen molar-refractivity contribution in [3.8, 4) is 33.4 Å². The van der Waals surface area contributed by atoms with Gasteiger partial charge in [0.05, 0.1) is 0 Å². The van der Waals surface area contributed by atoms with E-state index in [1.807, 2.05) is 78.9 Å². The summed E-state index contributed by atoms with van der Waals surface area (Å²) in [7, 11) is 0. The van der Waals surface area contributed by atoms with E-state index in [0.29, 0.717) is 6.54 Å². The summed E-state index contributed by atoms with van der Waals surface area (Å²) >= 11 is 0. The molecule has 7 aromatic carbocycles. The van der Waals surface area contributed by atoms with Crippen molar-refractivity contribution in [1.82, 2.24) is 0 Å². The van der Waals surface area contributed by atoms with Crippen LogP contribution >= 0.6 is 0 Å². The number of fused-ring (bicyclic) bond motifs is 3. The van der Waals surface area contributed by atoms with E-state index in [4.69, 9.17) is 21.3 Å². The first-order chi connectivity index (χ1) is 24.0. The van der Waals surface area contributed by atoms with Crippen LogP contribution in [0.25, 0.3) is 55.3 Å². The molecule has 1 aromatic heterocycles. The number of nitrogens with one attached hydrogen (secondary N) is 1. The van der Waals surface area contributed by atoms with Crippen molar-refractivity contribution >= 4 is 27.8 Å². The fourth-order valence-electron chi connectivity index (χ4n) is 5.69. The Kier molecular flexibility index (Phi) is 10.4. The summed E-state index contributed by atoms with van der Waals surface area (Å²) in [5.41, 5.74) is 23.3. The summed E-state index contributed by atoms with van der Waals surface area (Å²) in [4.78, 5) is 0. The zero-order valence-electron chi connectivity index (χ0n) is 27.5. The van der Waals surface area contributed by atoms with Gasteiger partial charge in [0.2, 0.25) is 0 Å². The average molecular weight is 638 g/mol. The molecule has 0 fully saturated rings. The van der Waals surface area contributed by atoms with Gasteiger partial charge in [-0.05, 0) is 58.0 Å². The second-order valence-corrected chi connectivity index (χ2v) is 11.8. The maximum Gasteiger partial charge on any atom is 0.136 e. The SMILES string of the molecule is Cc1ccc(-c2ccccc2)cc1.N=C(N)c1ccc(-c2cccc3oc4ccccc4c23)cc1.NCc1ccc(-c2ccccc2)cc1. The van der Waals surface area contributed by atoms with Crippen LogP contribution in [0, 0.1) is 12.3 Å². The lowest BCUT2D eigenvalue weighted by molar-refractivity contribution is 0.669. The highest BCUT2D eigenvalue weighted by atomic mass is 16.3. The molecule has 0 aliphatic carbocycles. The van der Waals surface area contributed by atoms with Crippen LogP contribution in [0.4, 0.5) is 0 Å². The summed E-state index contributed by atoms with van der Waals surface area (Å²) in [5.74, 6) is 0.0820. The first-order valence-corrected chi connectivity index (χ1v) is 16.3. The summed E-state index contributed by atoms with van der Waals surface area (Å²) in [6.45, 7) is 2.71. The Morgan fingerprint density at radius 2 is 1.00 bits per heavy atom. The molecule has 8 aromatic rings. The highest BCUT2D eigenvalue weighted by molar-refractivity contribution is 6.12. The van der Waals surface area contributed by atoms with Crippen LogP contribution in [0.5, 0.6) is 0 Å². The fourth-order valence-corrected chi connectivity index (χ4v) is 5.69. The lowest BCUT2D eigenvalue weighted by atomic mass is 9.98. The van der Waals surface area contributed by atoms with E-state index in [1.54, 1.807) is 0 Å². The van der Waals surface area contributed by atoms with Crippen LogP contribution in [0.3, 0.4) is 0 Å². The monoisotopic (exact) mass is 637 g/mol. The minimum absolute atomic E-state index is 0.0820. The zero-order chi connectivity index (χ0) is 34.0. The largest absolute Gasteiger partial charge is 0.456 e. The molecule has 0 unspecified atom stereocenters. The number of hydrogen-bond donors (Lipinski definition) is 3. The molecular formula is C45H39N3O. The Morgan fingerprint density at radius 3 is 1.57 bits per heavy atom. The molecule has 0 aliphatic heterocycles. The number of aryl methyl sites for hydroxylation is 1. The molecule has 5 N–H and O–H groups in total. The quantitative estimate of drug-likeness (QED) is 0.130. The van der Waals surface area contributed by atoms with Crippen molar-refractivity contribution in [3.05, 3.63) is 193 Å². The van der Waals surface area contributed by atoms with Crippen LogP contribution < -0.4 is 11.5 Å². The van der Waals surface area contributed by atoms with E-state index in [1.165, 1.54) is 33.4 Å². The smallest absolute Gasteiger partial charge is 0.136 e. The second kappa shape index (κ2) is 15.6. The molecule has 0 atom stereocenters. The van der Waals surface area contributed by atoms with Gasteiger partial charge in [-0.1, -0.05) is 169 Å². The molecule has 0 aliphatic rings. The van der Waals surface area contributed by atoms with Crippen molar-refractivity contribution in [1.29, 1.82) is 5.41 Å². The Bertz CT molecular complexity index is 2250. The van der Waals surface area contributed by atoms with E-state index in [0.717, 1.165) is 38.6 Å². The third-order valence-corrected chi connectivity index (χ3v) is 8.36. The number of nitrogens with two attached hydrogens (primary N) is 2. The lowest BCUT2D eigenvalue weighted by Crippen LogP contribution is -2.10. The van der Waals surface area contributed by atoms with Gasteiger partial charge in [-0.15, -0.1) is 0 Å². The highest BCUT2D eigenvalue weighted by Gasteiger charge is 2.12. The van der Waals surface area contributed by atoms with Gasteiger partial charge >= 0.3 is 0 Å². The predicted molar refractivity (Wildman–Crippen MR) is 207 cm³/mol. The topological polar surface area (TPSA) is 89.0 Å². The molecule has 0 spiro atoms. The van der Waals surface area contributed by atoms with Crippen LogP contribution in [0.1, 0.15) is 16.7 Å². The molecule has 0 amide bonds. The third kappa shape index (κ3) is 8.02. The Balaban J connectivity index is 0.000000134. The maximum atomic E-state index is 7.49. The normalized spacial score (nSPS) is 10.5. The molecule has 4 heteroatoms. The molecular weight excluding hydrogens is 599 g/mol. The van der Waals surface area contributed by atoms with E-state index in [9.17, 15) is 0 Å². The van der Waals surface area contributed by atoms with Gasteiger partial charge in [0.15, 0.2) is 0 Å². The molecule has 240 valence electrons. The van der Waals surface area contributed by atoms with Crippen LogP contribution in [0.2, 0.25) is 0 Å². The lowest BCUT2D eigenvalue weighted by Gasteiger charge is -2.05. The molecule has 0 radical (unpaired) electrons. The number of nitrogen functional groups attached to an aromatic ring is 1. The molecule has 4 nitrogen and oxygen atoms in total. The standard InChI is InChI=1S/C19H14N2O.C13H13N.C13H12/c20-19(21)13-10-8-12(9-11-13)14-5-3-7-17-18(14)15-4-1-2-6-16(15)22-17;14-10-11-6-8-13(9-7-11)12-4-2-1-3-5-12;1-11-7-9-13(10-8-11)12-5-3-2-4-6-12/h1-11H,(H3,20,21);1-9H,10,14H2;2-10H,1H3. The van der Waals surface area contributed by atoms with Crippen LogP contribution in [-0.2, 0) is 6.54 Å². The molecule has 0 saturated carbocycles. The number of amidine groups is 1. The van der Waals surface area contributed by atoms with Crippen molar-refractivity contribution in [2.75, 3.05) is 0 Å². The van der Waals surface area contributed by atoms with E-state index in [2.05, 4.69) is 104 Å². The summed E-state index contributed by atoms with van der Waals surface area (Å²) in [6.07, 6.45) is 0. The molecule has 8 rings (SSSR count). The van der Waals surface area contributed by atoms with Gasteiger partial charge < -0.3 is 15.9 Å². The minimum Gasteiger partial charge on any atom is -0.456 e. The summed E-state index contributed by atoms with van der Waals surface area (Å²) in [6, 6.07) is 59.6. The van der Waals surface area contributed by atoms with Crippen molar-refractivity contribution in [2.24, 2.45) is 11.5 Å². The van der Waals surface area contributed by atoms with Crippen molar-refractivity contribution in [2.45, 2.75) is 13.5 Å². The molecule has 0 saturated heterocycles. The first kappa shape index (κ1) is 32.7. The highest BCUT2D eigenvalue weighted by Crippen LogP contribution is 2.36. The van der Waals surface area contributed by atoms with Gasteiger partial charge in [0.25, 0.3) is 0 Å². The second-order valence-electron chi connectivity index (χ2n) is 11.8. The Morgan fingerprint density at radius 1 is 0.510 bits per heavy atom. The fraction of sp³-hybridized carbons (Fsp3) is 0.0444. The molecule has 0 bridgehead atoms. The summed E-state index contributed by atoms with van der Waals surface area (Å²) in [5, 5.41) is 9.72.